The molecule has 3 aromatic carbocycles. The fraction of sp³-hybridized carbons (Fsp3) is 0.0741. The van der Waals surface area contributed by atoms with Crippen LogP contribution < -0.4 is 15.5 Å². The van der Waals surface area contributed by atoms with Gasteiger partial charge in [-0.25, -0.2) is 10.4 Å². The Bertz CT molecular complexity index is 1640. The van der Waals surface area contributed by atoms with Crippen LogP contribution in [0.1, 0.15) is 21.7 Å². The van der Waals surface area contributed by atoms with Crippen molar-refractivity contribution in [1.29, 1.82) is 0 Å². The van der Waals surface area contributed by atoms with Crippen LogP contribution in [0.15, 0.2) is 71.8 Å². The maximum absolute atomic E-state index is 12.6. The van der Waals surface area contributed by atoms with Crippen molar-refractivity contribution in [3.8, 4) is 17.2 Å². The molecule has 5 N–H and O–H groups in total. The number of hydrogen-bond acceptors (Lipinski definition) is 7. The zero-order valence-corrected chi connectivity index (χ0v) is 19.5. The molecule has 180 valence electrons. The predicted octanol–water partition coefficient (Wildman–Crippen LogP) is 4.95. The molecule has 9 heteroatoms. The number of phenolic OH excluding ortho intramolecular Hbond substituents is 2. The lowest BCUT2D eigenvalue weighted by molar-refractivity contribution is 0.0951. The van der Waals surface area contributed by atoms with Crippen LogP contribution in [0.25, 0.3) is 21.8 Å². The van der Waals surface area contributed by atoms with Crippen molar-refractivity contribution < 1.29 is 19.7 Å². The van der Waals surface area contributed by atoms with Crippen molar-refractivity contribution in [2.24, 2.45) is 5.10 Å². The van der Waals surface area contributed by atoms with Crippen LogP contribution in [-0.2, 0) is 0 Å². The van der Waals surface area contributed by atoms with Gasteiger partial charge in [-0.2, -0.15) is 5.10 Å². The Morgan fingerprint density at radius 2 is 1.94 bits per heavy atom. The third-order valence-corrected chi connectivity index (χ3v) is 5.68. The molecule has 0 saturated carbocycles. The third-order valence-electron chi connectivity index (χ3n) is 5.68. The normalized spacial score (nSPS) is 11.3. The van der Waals surface area contributed by atoms with Crippen molar-refractivity contribution >= 4 is 45.3 Å². The Kier molecular flexibility index (Phi) is 5.87. The van der Waals surface area contributed by atoms with Gasteiger partial charge in [-0.15, -0.1) is 0 Å². The average Bonchev–Trinajstić information content (AvgIpc) is 3.28. The van der Waals surface area contributed by atoms with Gasteiger partial charge >= 0.3 is 0 Å². The number of para-hydroxylation sites is 1. The average molecular weight is 482 g/mol. The van der Waals surface area contributed by atoms with Crippen LogP contribution in [0.2, 0.25) is 0 Å². The summed E-state index contributed by atoms with van der Waals surface area (Å²) < 4.78 is 5.47. The Morgan fingerprint density at radius 3 is 2.75 bits per heavy atom. The number of anilines is 2. The number of pyridine rings is 1. The lowest BCUT2D eigenvalue weighted by Crippen LogP contribution is -2.17. The molecule has 0 atom stereocenters. The van der Waals surface area contributed by atoms with Gasteiger partial charge in [0.25, 0.3) is 5.91 Å². The summed E-state index contributed by atoms with van der Waals surface area (Å²) in [6.07, 6.45) is 1.30. The van der Waals surface area contributed by atoms with Gasteiger partial charge in [-0.1, -0.05) is 12.1 Å². The highest BCUT2D eigenvalue weighted by molar-refractivity contribution is 6.00. The van der Waals surface area contributed by atoms with E-state index in [2.05, 4.69) is 25.8 Å². The molecule has 0 radical (unpaired) electrons. The molecule has 2 aromatic heterocycles. The Balaban J connectivity index is 1.36. The fourth-order valence-electron chi connectivity index (χ4n) is 3.97. The Morgan fingerprint density at radius 1 is 1.08 bits per heavy atom. The van der Waals surface area contributed by atoms with Crippen LogP contribution in [0.3, 0.4) is 0 Å². The van der Waals surface area contributed by atoms with E-state index in [9.17, 15) is 15.0 Å². The maximum atomic E-state index is 12.6. The number of methoxy groups -OCH3 is 1. The number of phenols is 2. The second kappa shape index (κ2) is 9.30. The van der Waals surface area contributed by atoms with E-state index in [4.69, 9.17) is 4.74 Å². The summed E-state index contributed by atoms with van der Waals surface area (Å²) in [5.74, 6) is 0.0687. The largest absolute Gasteiger partial charge is 0.508 e. The number of aromatic nitrogens is 2. The van der Waals surface area contributed by atoms with Gasteiger partial charge < -0.3 is 25.3 Å². The molecule has 0 spiro atoms. The predicted molar refractivity (Wildman–Crippen MR) is 139 cm³/mol. The summed E-state index contributed by atoms with van der Waals surface area (Å²) in [6.45, 7) is 1.93. The number of ether oxygens (including phenoxy) is 1. The molecular formula is C27H23N5O4. The van der Waals surface area contributed by atoms with E-state index in [1.807, 2.05) is 49.4 Å². The first-order valence-corrected chi connectivity index (χ1v) is 11.1. The van der Waals surface area contributed by atoms with Crippen molar-refractivity contribution in [3.63, 3.8) is 0 Å². The number of carbonyl (C=O) groups is 1. The summed E-state index contributed by atoms with van der Waals surface area (Å²) in [5.41, 5.74) is 7.31. The van der Waals surface area contributed by atoms with Crippen molar-refractivity contribution in [3.05, 3.63) is 83.7 Å². The molecule has 0 aliphatic heterocycles. The highest BCUT2D eigenvalue weighted by atomic mass is 16.5. The molecule has 5 rings (SSSR count). The van der Waals surface area contributed by atoms with Crippen molar-refractivity contribution in [2.45, 2.75) is 6.92 Å². The van der Waals surface area contributed by atoms with Crippen molar-refractivity contribution in [2.75, 3.05) is 12.4 Å². The number of aromatic hydroxyl groups is 2. The van der Waals surface area contributed by atoms with E-state index in [-0.39, 0.29) is 11.5 Å². The second-order valence-corrected chi connectivity index (χ2v) is 8.22. The Labute approximate surface area is 206 Å². The second-order valence-electron chi connectivity index (χ2n) is 8.22. The number of carbonyl (C=O) groups excluding carboxylic acids is 1. The lowest BCUT2D eigenvalue weighted by Gasteiger charge is -2.13. The first-order valence-electron chi connectivity index (χ1n) is 11.1. The first kappa shape index (κ1) is 22.7. The van der Waals surface area contributed by atoms with Crippen LogP contribution in [0, 0.1) is 6.92 Å². The molecule has 36 heavy (non-hydrogen) atoms. The molecule has 0 aliphatic carbocycles. The number of hydrogen-bond donors (Lipinski definition) is 5. The molecule has 1 amide bonds. The van der Waals surface area contributed by atoms with E-state index in [1.165, 1.54) is 24.4 Å². The molecule has 0 bridgehead atoms. The zero-order chi connectivity index (χ0) is 25.2. The molecule has 9 nitrogen and oxygen atoms in total. The van der Waals surface area contributed by atoms with Gasteiger partial charge in [-0.05, 0) is 55.5 Å². The molecule has 0 unspecified atom stereocenters. The van der Waals surface area contributed by atoms with Crippen LogP contribution in [-0.4, -0.2) is 39.4 Å². The van der Waals surface area contributed by atoms with Gasteiger partial charge in [0.1, 0.15) is 28.5 Å². The molecule has 5 aromatic rings. The SMILES string of the molecule is COc1cccc2c(Nc3ccc4[nH]c(C(=O)N/N=C/c5ccc(O)cc5O)cc4c3)cc(C)nc12. The fourth-order valence-corrected chi connectivity index (χ4v) is 3.97. The topological polar surface area (TPSA) is 132 Å². The number of H-pyrrole nitrogens is 1. The number of aromatic amines is 1. The van der Waals surface area contributed by atoms with Gasteiger partial charge in [0.05, 0.1) is 13.3 Å². The minimum Gasteiger partial charge on any atom is -0.508 e. The van der Waals surface area contributed by atoms with Crippen LogP contribution in [0.5, 0.6) is 17.2 Å². The van der Waals surface area contributed by atoms with Gasteiger partial charge in [0.2, 0.25) is 0 Å². The maximum Gasteiger partial charge on any atom is 0.287 e. The van der Waals surface area contributed by atoms with Gasteiger partial charge in [0, 0.05) is 45.0 Å². The number of rotatable bonds is 6. The van der Waals surface area contributed by atoms with E-state index in [0.717, 1.165) is 38.9 Å². The summed E-state index contributed by atoms with van der Waals surface area (Å²) in [5, 5.41) is 28.3. The van der Waals surface area contributed by atoms with E-state index in [1.54, 1.807) is 13.2 Å². The quantitative estimate of drug-likeness (QED) is 0.172. The number of aryl methyl sites for hydroxylation is 1. The summed E-state index contributed by atoms with van der Waals surface area (Å²) in [4.78, 5) is 20.3. The van der Waals surface area contributed by atoms with E-state index >= 15 is 0 Å². The zero-order valence-electron chi connectivity index (χ0n) is 19.5. The standard InChI is InChI=1S/C27H23N5O4/c1-15-10-22(20-4-3-5-25(36-2)26(20)29-15)30-18-7-9-21-17(11-18)12-23(31-21)27(35)32-28-14-16-6-8-19(33)13-24(16)34/h3-14,31,33-34H,1-2H3,(H,29,30)(H,32,35)/b28-14+. The molecule has 0 saturated heterocycles. The minimum atomic E-state index is -0.432. The highest BCUT2D eigenvalue weighted by Gasteiger charge is 2.12. The number of amides is 1. The molecule has 2 heterocycles. The molecular weight excluding hydrogens is 458 g/mol. The summed E-state index contributed by atoms with van der Waals surface area (Å²) >= 11 is 0. The van der Waals surface area contributed by atoms with Gasteiger partial charge in [0.15, 0.2) is 0 Å². The minimum absolute atomic E-state index is 0.0624. The Hall–Kier alpha value is -5.05. The third kappa shape index (κ3) is 4.49. The van der Waals surface area contributed by atoms with Crippen LogP contribution >= 0.6 is 0 Å². The van der Waals surface area contributed by atoms with E-state index in [0.29, 0.717) is 17.0 Å². The number of nitrogens with zero attached hydrogens (tertiary/aromatic N) is 2. The molecule has 0 fully saturated rings. The first-order chi connectivity index (χ1) is 17.4. The smallest absolute Gasteiger partial charge is 0.287 e. The number of benzene rings is 3. The number of fused-ring (bicyclic) bond motifs is 2. The van der Waals surface area contributed by atoms with Gasteiger partial charge in [-0.3, -0.25) is 4.79 Å². The number of hydrazone groups is 1. The van der Waals surface area contributed by atoms with Crippen LogP contribution in [0.4, 0.5) is 11.4 Å². The lowest BCUT2D eigenvalue weighted by atomic mass is 10.1. The number of nitrogens with one attached hydrogen (secondary N) is 3. The monoisotopic (exact) mass is 481 g/mol. The van der Waals surface area contributed by atoms with Crippen molar-refractivity contribution in [1.82, 2.24) is 15.4 Å². The van der Waals surface area contributed by atoms with E-state index < -0.39 is 5.91 Å². The summed E-state index contributed by atoms with van der Waals surface area (Å²) in [6, 6.07) is 19.4. The molecule has 0 aliphatic rings. The summed E-state index contributed by atoms with van der Waals surface area (Å²) in [7, 11) is 1.63. The highest BCUT2D eigenvalue weighted by Crippen LogP contribution is 2.32.